The fourth-order valence-electron chi connectivity index (χ4n) is 4.48. The fourth-order valence-corrected chi connectivity index (χ4v) is 5.69. The average molecular weight is 520 g/mol. The molecule has 9 nitrogen and oxygen atoms in total. The molecule has 0 spiro atoms. The lowest BCUT2D eigenvalue weighted by atomic mass is 10.1. The van der Waals surface area contributed by atoms with Crippen LogP contribution in [0.5, 0.6) is 5.75 Å². The van der Waals surface area contributed by atoms with E-state index in [1.54, 1.807) is 59.4 Å². The molecule has 0 saturated carbocycles. The molecule has 0 aromatic heterocycles. The Bertz CT molecular complexity index is 1450. The zero-order chi connectivity index (χ0) is 26.0. The van der Waals surface area contributed by atoms with Crippen molar-refractivity contribution in [3.8, 4) is 5.75 Å². The molecule has 3 aromatic rings. The smallest absolute Gasteiger partial charge is 0.311 e. The van der Waals surface area contributed by atoms with E-state index in [0.29, 0.717) is 22.7 Å². The van der Waals surface area contributed by atoms with Gasteiger partial charge in [0.05, 0.1) is 19.6 Å². The van der Waals surface area contributed by atoms with Crippen LogP contribution in [0, 0.1) is 5.92 Å². The quantitative estimate of drug-likeness (QED) is 0.441. The van der Waals surface area contributed by atoms with Crippen LogP contribution in [0.2, 0.25) is 0 Å². The zero-order valence-electron chi connectivity index (χ0n) is 20.1. The molecule has 0 radical (unpaired) electrons. The average Bonchev–Trinajstić information content (AvgIpc) is 3.44. The molecule has 3 aromatic carbocycles. The van der Waals surface area contributed by atoms with E-state index in [4.69, 9.17) is 9.47 Å². The van der Waals surface area contributed by atoms with Gasteiger partial charge in [-0.1, -0.05) is 30.3 Å². The third kappa shape index (κ3) is 4.92. The standard InChI is InChI=1S/C27H25N3O6S/c1-35-22-13-11-21(12-14-22)30-18-19(17-25(30)31)27(32)36-16-15-29(20-7-3-2-4-8-20)26-23-9-5-6-10-24(23)37(33,34)28-26/h2-14,19H,15-18H2,1H3/t19-/m0/s1. The molecule has 2 aliphatic rings. The minimum absolute atomic E-state index is 0.0117. The number of carbonyl (C=O) groups excluding carboxylic acids is 2. The summed E-state index contributed by atoms with van der Waals surface area (Å²) in [6.07, 6.45) is 0.0611. The Morgan fingerprint density at radius 2 is 1.73 bits per heavy atom. The predicted octanol–water partition coefficient (Wildman–Crippen LogP) is 3.25. The molecule has 0 aliphatic carbocycles. The van der Waals surface area contributed by atoms with Gasteiger partial charge in [0.15, 0.2) is 5.84 Å². The number of esters is 1. The van der Waals surface area contributed by atoms with Crippen molar-refractivity contribution < 1.29 is 27.5 Å². The molecule has 1 amide bonds. The molecular weight excluding hydrogens is 494 g/mol. The van der Waals surface area contributed by atoms with Crippen LogP contribution >= 0.6 is 0 Å². The number of carbonyl (C=O) groups is 2. The maximum Gasteiger partial charge on any atom is 0.311 e. The molecule has 1 atom stereocenters. The first-order valence-electron chi connectivity index (χ1n) is 11.8. The first kappa shape index (κ1) is 24.5. The summed E-state index contributed by atoms with van der Waals surface area (Å²) in [5, 5.41) is 0. The molecule has 190 valence electrons. The van der Waals surface area contributed by atoms with Gasteiger partial charge in [-0.05, 0) is 48.5 Å². The predicted molar refractivity (Wildman–Crippen MR) is 138 cm³/mol. The van der Waals surface area contributed by atoms with Gasteiger partial charge in [0.25, 0.3) is 10.0 Å². The van der Waals surface area contributed by atoms with Crippen LogP contribution in [0.1, 0.15) is 12.0 Å². The van der Waals surface area contributed by atoms with Crippen LogP contribution in [0.15, 0.2) is 88.2 Å². The molecule has 2 heterocycles. The highest BCUT2D eigenvalue weighted by molar-refractivity contribution is 7.90. The fraction of sp³-hybridized carbons (Fsp3) is 0.222. The van der Waals surface area contributed by atoms with E-state index >= 15 is 0 Å². The van der Waals surface area contributed by atoms with Crippen molar-refractivity contribution in [2.24, 2.45) is 10.3 Å². The van der Waals surface area contributed by atoms with Gasteiger partial charge in [0.2, 0.25) is 5.91 Å². The van der Waals surface area contributed by atoms with E-state index < -0.39 is 21.9 Å². The molecule has 10 heteroatoms. The SMILES string of the molecule is COc1ccc(N2C[C@@H](C(=O)OCCN(C3=NS(=O)(=O)c4ccccc43)c3ccccc3)CC2=O)cc1. The number of anilines is 2. The number of hydrogen-bond acceptors (Lipinski definition) is 7. The van der Waals surface area contributed by atoms with Crippen molar-refractivity contribution in [3.05, 3.63) is 84.4 Å². The number of rotatable bonds is 7. The third-order valence-corrected chi connectivity index (χ3v) is 7.66. The lowest BCUT2D eigenvalue weighted by Gasteiger charge is -2.25. The number of hydrogen-bond donors (Lipinski definition) is 0. The lowest BCUT2D eigenvalue weighted by Crippen LogP contribution is -2.35. The number of amides is 1. The van der Waals surface area contributed by atoms with Gasteiger partial charge in [0, 0.05) is 29.9 Å². The van der Waals surface area contributed by atoms with Gasteiger partial charge in [-0.15, -0.1) is 4.40 Å². The molecule has 0 unspecified atom stereocenters. The Kier molecular flexibility index (Phi) is 6.66. The highest BCUT2D eigenvalue weighted by Gasteiger charge is 2.37. The number of sulfonamides is 1. The number of fused-ring (bicyclic) bond motifs is 1. The van der Waals surface area contributed by atoms with Crippen molar-refractivity contribution >= 4 is 39.1 Å². The number of benzene rings is 3. The van der Waals surface area contributed by atoms with Crippen LogP contribution in [0.3, 0.4) is 0 Å². The number of nitrogens with zero attached hydrogens (tertiary/aromatic N) is 3. The van der Waals surface area contributed by atoms with E-state index in [9.17, 15) is 18.0 Å². The van der Waals surface area contributed by atoms with Crippen LogP contribution in [0.25, 0.3) is 0 Å². The maximum absolute atomic E-state index is 12.8. The van der Waals surface area contributed by atoms with Crippen LogP contribution in [-0.2, 0) is 24.3 Å². The largest absolute Gasteiger partial charge is 0.497 e. The van der Waals surface area contributed by atoms with E-state index in [2.05, 4.69) is 4.40 Å². The zero-order valence-corrected chi connectivity index (χ0v) is 20.9. The van der Waals surface area contributed by atoms with Crippen LogP contribution in [0.4, 0.5) is 11.4 Å². The summed E-state index contributed by atoms with van der Waals surface area (Å²) in [7, 11) is -2.25. The Morgan fingerprint density at radius 1 is 1.03 bits per heavy atom. The Morgan fingerprint density at radius 3 is 2.46 bits per heavy atom. The lowest BCUT2D eigenvalue weighted by molar-refractivity contribution is -0.148. The maximum atomic E-state index is 12.8. The van der Waals surface area contributed by atoms with E-state index in [0.717, 1.165) is 0 Å². The molecule has 1 saturated heterocycles. The summed E-state index contributed by atoms with van der Waals surface area (Å²) in [5.74, 6) is -0.264. The second-order valence-electron chi connectivity index (χ2n) is 8.64. The van der Waals surface area contributed by atoms with Crippen molar-refractivity contribution in [2.75, 3.05) is 36.6 Å². The second kappa shape index (κ2) is 10.1. The van der Waals surface area contributed by atoms with Crippen molar-refractivity contribution in [3.63, 3.8) is 0 Å². The topological polar surface area (TPSA) is 106 Å². The third-order valence-electron chi connectivity index (χ3n) is 6.34. The highest BCUT2D eigenvalue weighted by atomic mass is 32.2. The van der Waals surface area contributed by atoms with Gasteiger partial charge < -0.3 is 19.3 Å². The van der Waals surface area contributed by atoms with Gasteiger partial charge in [-0.3, -0.25) is 9.59 Å². The molecule has 2 aliphatic heterocycles. The number of amidine groups is 1. The first-order chi connectivity index (χ1) is 17.9. The summed E-state index contributed by atoms with van der Waals surface area (Å²) in [5.41, 5.74) is 1.90. The van der Waals surface area contributed by atoms with Gasteiger partial charge in [0.1, 0.15) is 17.3 Å². The summed E-state index contributed by atoms with van der Waals surface area (Å²) >= 11 is 0. The van der Waals surface area contributed by atoms with E-state index in [1.165, 1.54) is 6.07 Å². The Balaban J connectivity index is 1.28. The van der Waals surface area contributed by atoms with Crippen molar-refractivity contribution in [2.45, 2.75) is 11.3 Å². The molecule has 0 bridgehead atoms. The van der Waals surface area contributed by atoms with Crippen LogP contribution in [-0.4, -0.2) is 52.9 Å². The number of para-hydroxylation sites is 1. The van der Waals surface area contributed by atoms with Gasteiger partial charge >= 0.3 is 5.97 Å². The highest BCUT2D eigenvalue weighted by Crippen LogP contribution is 2.30. The first-order valence-corrected chi connectivity index (χ1v) is 13.2. The summed E-state index contributed by atoms with van der Waals surface area (Å²) in [6, 6.07) is 22.9. The molecule has 1 fully saturated rings. The van der Waals surface area contributed by atoms with Gasteiger partial charge in [-0.25, -0.2) is 0 Å². The van der Waals surface area contributed by atoms with E-state index in [1.807, 2.05) is 30.3 Å². The monoisotopic (exact) mass is 519 g/mol. The summed E-state index contributed by atoms with van der Waals surface area (Å²) in [4.78, 5) is 28.8. The van der Waals surface area contributed by atoms with Gasteiger partial charge in [-0.2, -0.15) is 8.42 Å². The van der Waals surface area contributed by atoms with Crippen molar-refractivity contribution in [1.82, 2.24) is 0 Å². The molecule has 0 N–H and O–H groups in total. The summed E-state index contributed by atoms with van der Waals surface area (Å²) in [6.45, 7) is 0.397. The summed E-state index contributed by atoms with van der Waals surface area (Å²) < 4.78 is 40.0. The molecular formula is C27H25N3O6S. The Hall–Kier alpha value is -4.18. The Labute approximate surface area is 215 Å². The molecule has 5 rings (SSSR count). The number of ether oxygens (including phenoxy) is 2. The minimum atomic E-state index is -3.82. The number of methoxy groups -OCH3 is 1. The normalized spacial score (nSPS) is 17.8. The minimum Gasteiger partial charge on any atom is -0.497 e. The van der Waals surface area contributed by atoms with Crippen molar-refractivity contribution in [1.29, 1.82) is 0 Å². The second-order valence-corrected chi connectivity index (χ2v) is 10.2. The van der Waals surface area contributed by atoms with Crippen LogP contribution < -0.4 is 14.5 Å². The molecule has 37 heavy (non-hydrogen) atoms. The van der Waals surface area contributed by atoms with E-state index in [-0.39, 0.29) is 42.8 Å².